The Morgan fingerprint density at radius 3 is 1.87 bits per heavy atom. The second-order valence-electron chi connectivity index (χ2n) is 5.04. The van der Waals surface area contributed by atoms with Crippen LogP contribution in [0.15, 0.2) is 0 Å². The van der Waals surface area contributed by atoms with Gasteiger partial charge in [-0.3, -0.25) is 9.59 Å². The van der Waals surface area contributed by atoms with Gasteiger partial charge in [-0.25, -0.2) is 0 Å². The molecule has 0 aromatic carbocycles. The highest BCUT2D eigenvalue weighted by Crippen LogP contribution is 2.50. The van der Waals surface area contributed by atoms with E-state index in [4.69, 9.17) is 0 Å². The average Bonchev–Trinajstić information content (AvgIpc) is 2.12. The SMILES string of the molecule is CC12C[C@@H](Br)C(=O)CC1CC(=O)[C@H](Br)C2. The summed E-state index contributed by atoms with van der Waals surface area (Å²) < 4.78 is 0. The normalized spacial score (nSPS) is 46.5. The number of ketones is 2. The average molecular weight is 338 g/mol. The first kappa shape index (κ1) is 11.8. The quantitative estimate of drug-likeness (QED) is 0.637. The fraction of sp³-hybridized carbons (Fsp3) is 0.818. The smallest absolute Gasteiger partial charge is 0.146 e. The number of hydrogen-bond donors (Lipinski definition) is 0. The van der Waals surface area contributed by atoms with E-state index in [1.165, 1.54) is 0 Å². The lowest BCUT2D eigenvalue weighted by atomic mass is 9.60. The maximum atomic E-state index is 11.6. The van der Waals surface area contributed by atoms with Crippen molar-refractivity contribution in [3.8, 4) is 0 Å². The van der Waals surface area contributed by atoms with Gasteiger partial charge >= 0.3 is 0 Å². The van der Waals surface area contributed by atoms with Crippen molar-refractivity contribution in [3.05, 3.63) is 0 Å². The van der Waals surface area contributed by atoms with E-state index in [2.05, 4.69) is 38.8 Å². The van der Waals surface area contributed by atoms with Crippen LogP contribution in [0.25, 0.3) is 0 Å². The molecule has 0 spiro atoms. The Morgan fingerprint density at radius 1 is 1.07 bits per heavy atom. The Morgan fingerprint density at radius 2 is 1.47 bits per heavy atom. The third-order valence-corrected chi connectivity index (χ3v) is 5.54. The minimum Gasteiger partial charge on any atom is -0.298 e. The van der Waals surface area contributed by atoms with Gasteiger partial charge in [0.05, 0.1) is 9.65 Å². The van der Waals surface area contributed by atoms with Gasteiger partial charge in [-0.2, -0.15) is 0 Å². The molecule has 0 radical (unpaired) electrons. The highest BCUT2D eigenvalue weighted by molar-refractivity contribution is 9.10. The fourth-order valence-electron chi connectivity index (χ4n) is 2.77. The Hall–Kier alpha value is 0.300. The minimum absolute atomic E-state index is 0.00773. The van der Waals surface area contributed by atoms with Gasteiger partial charge in [0, 0.05) is 12.8 Å². The van der Waals surface area contributed by atoms with Gasteiger partial charge in [0.25, 0.3) is 0 Å². The van der Waals surface area contributed by atoms with Crippen LogP contribution in [0, 0.1) is 11.3 Å². The van der Waals surface area contributed by atoms with E-state index in [9.17, 15) is 9.59 Å². The van der Waals surface area contributed by atoms with Crippen molar-refractivity contribution in [1.82, 2.24) is 0 Å². The van der Waals surface area contributed by atoms with Gasteiger partial charge in [-0.15, -0.1) is 0 Å². The minimum atomic E-state index is -0.00773. The summed E-state index contributed by atoms with van der Waals surface area (Å²) in [6.45, 7) is 2.21. The predicted octanol–water partition coefficient (Wildman–Crippen LogP) is 2.86. The first-order valence-corrected chi connectivity index (χ1v) is 7.09. The van der Waals surface area contributed by atoms with E-state index in [1.54, 1.807) is 0 Å². The Bertz CT molecular complexity index is 288. The second-order valence-corrected chi connectivity index (χ2v) is 7.25. The van der Waals surface area contributed by atoms with Crippen LogP contribution in [0.3, 0.4) is 0 Å². The molecule has 2 aliphatic carbocycles. The molecule has 0 unspecified atom stereocenters. The number of halogens is 2. The van der Waals surface area contributed by atoms with Crippen LogP contribution in [0.4, 0.5) is 0 Å². The third-order valence-electron chi connectivity index (χ3n) is 3.87. The van der Waals surface area contributed by atoms with E-state index in [0.717, 1.165) is 12.8 Å². The molecule has 0 N–H and O–H groups in total. The van der Waals surface area contributed by atoms with Crippen LogP contribution in [-0.2, 0) is 9.59 Å². The lowest BCUT2D eigenvalue weighted by molar-refractivity contribution is -0.130. The van der Waals surface area contributed by atoms with Crippen molar-refractivity contribution in [2.24, 2.45) is 11.3 Å². The number of carbonyl (C=O) groups excluding carboxylic acids is 2. The molecule has 0 bridgehead atoms. The predicted molar refractivity (Wildman–Crippen MR) is 65.5 cm³/mol. The first-order chi connectivity index (χ1) is 6.92. The molecule has 2 nitrogen and oxygen atoms in total. The topological polar surface area (TPSA) is 34.1 Å². The van der Waals surface area contributed by atoms with Crippen LogP contribution in [0.5, 0.6) is 0 Å². The second kappa shape index (κ2) is 3.95. The molecule has 2 rings (SSSR count). The molecular weight excluding hydrogens is 324 g/mol. The van der Waals surface area contributed by atoms with Crippen molar-refractivity contribution in [3.63, 3.8) is 0 Å². The van der Waals surface area contributed by atoms with Crippen LogP contribution >= 0.6 is 31.9 Å². The number of Topliss-reactive ketones (excluding diaryl/α,β-unsaturated/α-hetero) is 2. The summed E-state index contributed by atoms with van der Waals surface area (Å²) in [5, 5.41) is 0. The van der Waals surface area contributed by atoms with Crippen LogP contribution in [0.1, 0.15) is 32.6 Å². The summed E-state index contributed by atoms with van der Waals surface area (Å²) in [4.78, 5) is 23.2. The third kappa shape index (κ3) is 2.07. The molecule has 84 valence electrons. The van der Waals surface area contributed by atoms with Crippen LogP contribution < -0.4 is 0 Å². The molecule has 2 atom stereocenters. The van der Waals surface area contributed by atoms with E-state index >= 15 is 0 Å². The van der Waals surface area contributed by atoms with E-state index in [1.807, 2.05) is 0 Å². The molecule has 0 aliphatic heterocycles. The summed E-state index contributed by atoms with van der Waals surface area (Å²) in [5.41, 5.74) is 0.143. The monoisotopic (exact) mass is 336 g/mol. The van der Waals surface area contributed by atoms with Crippen molar-refractivity contribution in [1.29, 1.82) is 0 Å². The Balaban J connectivity index is 2.21. The molecule has 2 saturated carbocycles. The molecule has 2 fully saturated rings. The standard InChI is InChI=1S/C11H14Br2O2/c1-11-4-7(12)9(14)2-6(11)3-10(15)8(13)5-11/h6-8H,2-5H2,1H3/t6?,7-,8-,11?/m1/s1. The molecule has 4 heteroatoms. The van der Waals surface area contributed by atoms with Crippen molar-refractivity contribution < 1.29 is 9.59 Å². The number of rotatable bonds is 0. The van der Waals surface area contributed by atoms with Crippen LogP contribution in [0.2, 0.25) is 0 Å². The van der Waals surface area contributed by atoms with Gasteiger partial charge < -0.3 is 0 Å². The Kier molecular flexibility index (Phi) is 3.10. The van der Waals surface area contributed by atoms with Crippen molar-refractivity contribution in [2.45, 2.75) is 42.3 Å². The zero-order valence-electron chi connectivity index (χ0n) is 8.63. The van der Waals surface area contributed by atoms with E-state index in [-0.39, 0.29) is 32.6 Å². The molecule has 0 saturated heterocycles. The maximum absolute atomic E-state index is 11.6. The molecule has 2 aliphatic rings. The number of fused-ring (bicyclic) bond motifs is 1. The molecule has 0 aromatic rings. The van der Waals surface area contributed by atoms with Gasteiger partial charge in [0.2, 0.25) is 0 Å². The summed E-state index contributed by atoms with van der Waals surface area (Å²) in [5.74, 6) is 0.789. The molecule has 15 heavy (non-hydrogen) atoms. The lowest BCUT2D eigenvalue weighted by Gasteiger charge is -2.46. The molecule has 0 amide bonds. The number of hydrogen-bond acceptors (Lipinski definition) is 2. The summed E-state index contributed by atoms with van der Waals surface area (Å²) in [7, 11) is 0. The maximum Gasteiger partial charge on any atom is 0.146 e. The number of carbonyl (C=O) groups is 2. The highest BCUT2D eigenvalue weighted by atomic mass is 79.9. The van der Waals surface area contributed by atoms with Crippen LogP contribution in [-0.4, -0.2) is 21.2 Å². The van der Waals surface area contributed by atoms with Gasteiger partial charge in [-0.1, -0.05) is 38.8 Å². The fourth-order valence-corrected chi connectivity index (χ4v) is 4.62. The zero-order valence-corrected chi connectivity index (χ0v) is 11.8. The van der Waals surface area contributed by atoms with Gasteiger partial charge in [-0.05, 0) is 24.2 Å². The largest absolute Gasteiger partial charge is 0.298 e. The number of alkyl halides is 2. The van der Waals surface area contributed by atoms with Gasteiger partial charge in [0.1, 0.15) is 11.6 Å². The lowest BCUT2D eigenvalue weighted by Crippen LogP contribution is -2.47. The van der Waals surface area contributed by atoms with Crippen molar-refractivity contribution in [2.75, 3.05) is 0 Å². The first-order valence-electron chi connectivity index (χ1n) is 5.26. The molecule has 0 heterocycles. The van der Waals surface area contributed by atoms with E-state index < -0.39 is 0 Å². The summed E-state index contributed by atoms with van der Waals surface area (Å²) in [6.07, 6.45) is 2.87. The zero-order chi connectivity index (χ0) is 11.2. The van der Waals surface area contributed by atoms with E-state index in [0.29, 0.717) is 12.8 Å². The summed E-state index contributed by atoms with van der Waals surface area (Å²) in [6, 6.07) is 0. The Labute approximate surface area is 106 Å². The molecular formula is C11H14Br2O2. The van der Waals surface area contributed by atoms with Gasteiger partial charge in [0.15, 0.2) is 0 Å². The molecule has 0 aromatic heterocycles. The highest BCUT2D eigenvalue weighted by Gasteiger charge is 2.48. The summed E-state index contributed by atoms with van der Waals surface area (Å²) >= 11 is 6.87. The van der Waals surface area contributed by atoms with Crippen molar-refractivity contribution >= 4 is 43.4 Å².